The lowest BCUT2D eigenvalue weighted by molar-refractivity contribution is -0.0191. The Morgan fingerprint density at radius 3 is 1.33 bits per heavy atom. The third kappa shape index (κ3) is 21.7. The van der Waals surface area contributed by atoms with Crippen LogP contribution in [0.5, 0.6) is 0 Å². The topological polar surface area (TPSA) is 105 Å². The zero-order chi connectivity index (χ0) is 22.5. The van der Waals surface area contributed by atoms with Crippen molar-refractivity contribution in [3.63, 3.8) is 0 Å². The Kier molecular flexibility index (Phi) is 19.3. The molecule has 0 aromatic heterocycles. The van der Waals surface area contributed by atoms with Crippen LogP contribution in [0.3, 0.4) is 0 Å². The number of aliphatic hydroxyl groups is 1. The molecule has 0 saturated heterocycles. The van der Waals surface area contributed by atoms with E-state index in [0.717, 1.165) is 0 Å². The van der Waals surface area contributed by atoms with Crippen molar-refractivity contribution in [3.8, 4) is 0 Å². The highest BCUT2D eigenvalue weighted by molar-refractivity contribution is 5.67. The van der Waals surface area contributed by atoms with Gasteiger partial charge in [0.1, 0.15) is 5.60 Å². The van der Waals surface area contributed by atoms with Gasteiger partial charge >= 0.3 is 6.09 Å². The summed E-state index contributed by atoms with van der Waals surface area (Å²) in [6, 6.07) is 0. The lowest BCUT2D eigenvalue weighted by Crippen LogP contribution is -2.36. The fourth-order valence-electron chi connectivity index (χ4n) is 1.90. The molecule has 0 rings (SSSR count). The van der Waals surface area contributed by atoms with Crippen LogP contribution in [0.25, 0.3) is 0 Å². The van der Waals surface area contributed by atoms with Crippen LogP contribution >= 0.6 is 0 Å². The normalized spacial score (nSPS) is 11.6. The maximum atomic E-state index is 11.8. The molecule has 0 radical (unpaired) electrons. The molecule has 1 N–H and O–H groups in total. The number of carbonyl (C=O) groups is 1. The Morgan fingerprint density at radius 1 is 0.667 bits per heavy atom. The Morgan fingerprint density at radius 2 is 1.00 bits per heavy atom. The predicted octanol–water partition coefficient (Wildman–Crippen LogP) is 0.945. The molecule has 0 saturated carbocycles. The summed E-state index contributed by atoms with van der Waals surface area (Å²) in [7, 11) is 1.68. The molecule has 0 aromatic rings. The van der Waals surface area contributed by atoms with Gasteiger partial charge in [-0.2, -0.15) is 0 Å². The van der Waals surface area contributed by atoms with Crippen LogP contribution < -0.4 is 0 Å². The van der Waals surface area contributed by atoms with E-state index >= 15 is 0 Å². The van der Waals surface area contributed by atoms with Gasteiger partial charge in [0.15, 0.2) is 0 Å². The number of hydrogen-bond donors (Lipinski definition) is 1. The highest BCUT2D eigenvalue weighted by Crippen LogP contribution is 2.08. The molecule has 0 aliphatic heterocycles. The standard InChI is InChI=1S/C20H41NO9/c1-20(2,3)30-19(23)21(4)5-7-24-9-11-26-13-15-28-17-18-29-16-14-27-12-10-25-8-6-22/h22H,5-18H2,1-4H3. The number of rotatable bonds is 20. The van der Waals surface area contributed by atoms with Gasteiger partial charge in [-0.3, -0.25) is 0 Å². The summed E-state index contributed by atoms with van der Waals surface area (Å²) < 4.78 is 37.2. The van der Waals surface area contributed by atoms with Gasteiger partial charge in [-0.25, -0.2) is 4.79 Å². The summed E-state index contributed by atoms with van der Waals surface area (Å²) in [5, 5.41) is 8.53. The zero-order valence-electron chi connectivity index (χ0n) is 19.1. The van der Waals surface area contributed by atoms with E-state index in [2.05, 4.69) is 0 Å². The zero-order valence-corrected chi connectivity index (χ0v) is 19.1. The molecule has 0 heterocycles. The predicted molar refractivity (Wildman–Crippen MR) is 111 cm³/mol. The van der Waals surface area contributed by atoms with Crippen LogP contribution in [0.15, 0.2) is 0 Å². The van der Waals surface area contributed by atoms with Crippen molar-refractivity contribution >= 4 is 6.09 Å². The van der Waals surface area contributed by atoms with Crippen LogP contribution in [-0.2, 0) is 33.2 Å². The minimum atomic E-state index is -0.500. The largest absolute Gasteiger partial charge is 0.444 e. The summed E-state index contributed by atoms with van der Waals surface area (Å²) >= 11 is 0. The second-order valence-corrected chi connectivity index (χ2v) is 7.30. The average molecular weight is 440 g/mol. The van der Waals surface area contributed by atoms with Gasteiger partial charge < -0.3 is 43.2 Å². The van der Waals surface area contributed by atoms with E-state index in [1.54, 1.807) is 7.05 Å². The van der Waals surface area contributed by atoms with E-state index in [9.17, 15) is 4.79 Å². The molecule has 0 aromatic carbocycles. The van der Waals surface area contributed by atoms with E-state index in [0.29, 0.717) is 85.8 Å². The van der Waals surface area contributed by atoms with E-state index in [1.165, 1.54) is 4.90 Å². The first-order chi connectivity index (χ1) is 14.4. The van der Waals surface area contributed by atoms with Crippen molar-refractivity contribution in [2.24, 2.45) is 0 Å². The quantitative estimate of drug-likeness (QED) is 0.278. The smallest absolute Gasteiger partial charge is 0.410 e. The molecule has 10 nitrogen and oxygen atoms in total. The molecule has 0 bridgehead atoms. The molecule has 180 valence electrons. The first-order valence-electron chi connectivity index (χ1n) is 10.4. The van der Waals surface area contributed by atoms with Crippen molar-refractivity contribution < 1.29 is 43.1 Å². The third-order valence-electron chi connectivity index (χ3n) is 3.37. The lowest BCUT2D eigenvalue weighted by Gasteiger charge is -2.24. The van der Waals surface area contributed by atoms with Crippen LogP contribution in [0.2, 0.25) is 0 Å². The molecular formula is C20H41NO9. The Bertz CT molecular complexity index is 391. The van der Waals surface area contributed by atoms with Crippen LogP contribution in [-0.4, -0.2) is 121 Å². The van der Waals surface area contributed by atoms with Gasteiger partial charge in [0.25, 0.3) is 0 Å². The number of amides is 1. The van der Waals surface area contributed by atoms with E-state index in [-0.39, 0.29) is 12.7 Å². The van der Waals surface area contributed by atoms with E-state index in [4.69, 9.17) is 38.3 Å². The number of carbonyl (C=O) groups excluding carboxylic acids is 1. The molecule has 0 spiro atoms. The highest BCUT2D eigenvalue weighted by atomic mass is 16.6. The number of ether oxygens (including phenoxy) is 7. The fourth-order valence-corrected chi connectivity index (χ4v) is 1.90. The van der Waals surface area contributed by atoms with Crippen molar-refractivity contribution in [3.05, 3.63) is 0 Å². The van der Waals surface area contributed by atoms with Crippen molar-refractivity contribution in [2.75, 3.05) is 99.5 Å². The Hall–Kier alpha value is -1.01. The average Bonchev–Trinajstić information content (AvgIpc) is 2.68. The van der Waals surface area contributed by atoms with E-state index < -0.39 is 5.60 Å². The van der Waals surface area contributed by atoms with Gasteiger partial charge in [0, 0.05) is 13.6 Å². The summed E-state index contributed by atoms with van der Waals surface area (Å²) in [5.74, 6) is 0. The first-order valence-corrected chi connectivity index (χ1v) is 10.4. The second-order valence-electron chi connectivity index (χ2n) is 7.30. The van der Waals surface area contributed by atoms with Crippen molar-refractivity contribution in [1.82, 2.24) is 4.90 Å². The molecule has 0 aliphatic rings. The molecule has 0 unspecified atom stereocenters. The van der Waals surface area contributed by atoms with Gasteiger partial charge in [0.05, 0.1) is 85.9 Å². The second kappa shape index (κ2) is 19.9. The number of likely N-dealkylation sites (N-methyl/N-ethyl adjacent to an activating group) is 1. The highest BCUT2D eigenvalue weighted by Gasteiger charge is 2.19. The summed E-state index contributed by atoms with van der Waals surface area (Å²) in [6.45, 7) is 11.6. The van der Waals surface area contributed by atoms with Crippen LogP contribution in [0.1, 0.15) is 20.8 Å². The SMILES string of the molecule is CN(CCOCCOCCOCCOCCOCCOCCO)C(=O)OC(C)(C)C. The first kappa shape index (κ1) is 29.0. The van der Waals surface area contributed by atoms with Gasteiger partial charge in [0.2, 0.25) is 0 Å². The molecule has 0 aliphatic carbocycles. The van der Waals surface area contributed by atoms with Crippen LogP contribution in [0, 0.1) is 0 Å². The number of nitrogens with zero attached hydrogens (tertiary/aromatic N) is 1. The summed E-state index contributed by atoms with van der Waals surface area (Å²) in [5.41, 5.74) is -0.500. The van der Waals surface area contributed by atoms with Gasteiger partial charge in [-0.05, 0) is 20.8 Å². The van der Waals surface area contributed by atoms with E-state index in [1.807, 2.05) is 20.8 Å². The number of aliphatic hydroxyl groups excluding tert-OH is 1. The summed E-state index contributed by atoms with van der Waals surface area (Å²) in [4.78, 5) is 13.3. The minimum Gasteiger partial charge on any atom is -0.444 e. The Balaban J connectivity index is 3.22. The molecule has 1 amide bonds. The van der Waals surface area contributed by atoms with Gasteiger partial charge in [-0.15, -0.1) is 0 Å². The Labute approximate surface area is 180 Å². The molecular weight excluding hydrogens is 398 g/mol. The maximum absolute atomic E-state index is 11.8. The monoisotopic (exact) mass is 439 g/mol. The number of hydrogen-bond acceptors (Lipinski definition) is 9. The van der Waals surface area contributed by atoms with Crippen LogP contribution in [0.4, 0.5) is 4.79 Å². The molecule has 30 heavy (non-hydrogen) atoms. The summed E-state index contributed by atoms with van der Waals surface area (Å²) in [6.07, 6.45) is -0.361. The molecule has 0 atom stereocenters. The maximum Gasteiger partial charge on any atom is 0.410 e. The van der Waals surface area contributed by atoms with Crippen molar-refractivity contribution in [1.29, 1.82) is 0 Å². The fraction of sp³-hybridized carbons (Fsp3) is 0.950. The van der Waals surface area contributed by atoms with Crippen molar-refractivity contribution in [2.45, 2.75) is 26.4 Å². The molecule has 10 heteroatoms. The molecule has 0 fully saturated rings. The third-order valence-corrected chi connectivity index (χ3v) is 3.37. The van der Waals surface area contributed by atoms with Gasteiger partial charge in [-0.1, -0.05) is 0 Å². The minimum absolute atomic E-state index is 0.0249. The lowest BCUT2D eigenvalue weighted by atomic mass is 10.2.